The fourth-order valence-corrected chi connectivity index (χ4v) is 2.72. The number of ether oxygens (including phenoxy) is 2. The van der Waals surface area contributed by atoms with E-state index in [4.69, 9.17) is 9.47 Å². The van der Waals surface area contributed by atoms with Gasteiger partial charge in [-0.1, -0.05) is 25.1 Å². The zero-order valence-corrected chi connectivity index (χ0v) is 17.1. The zero-order chi connectivity index (χ0) is 21.4. The van der Waals surface area contributed by atoms with Crippen LogP contribution in [0, 0.1) is 10.1 Å². The number of nitro groups is 1. The van der Waals surface area contributed by atoms with Gasteiger partial charge in [-0.3, -0.25) is 14.9 Å². The highest BCUT2D eigenvalue weighted by molar-refractivity contribution is 5.92. The Morgan fingerprint density at radius 1 is 1.24 bits per heavy atom. The van der Waals surface area contributed by atoms with E-state index in [-0.39, 0.29) is 17.6 Å². The molecule has 2 rings (SSSR count). The Bertz CT molecular complexity index is 895. The van der Waals surface area contributed by atoms with Crippen LogP contribution in [0.3, 0.4) is 0 Å². The molecule has 7 heteroatoms. The summed E-state index contributed by atoms with van der Waals surface area (Å²) in [6.07, 6.45) is 4.06. The summed E-state index contributed by atoms with van der Waals surface area (Å²) < 4.78 is 11.0. The van der Waals surface area contributed by atoms with E-state index in [0.717, 1.165) is 12.0 Å². The monoisotopic (exact) mass is 398 g/mol. The van der Waals surface area contributed by atoms with E-state index in [2.05, 4.69) is 0 Å². The van der Waals surface area contributed by atoms with Gasteiger partial charge in [-0.2, -0.15) is 0 Å². The third-order valence-corrected chi connectivity index (χ3v) is 4.56. The Morgan fingerprint density at radius 3 is 2.66 bits per heavy atom. The molecule has 7 nitrogen and oxygen atoms in total. The molecular formula is C22H26N2O5. The SMILES string of the molecule is CCCOc1ccc(/C=C/C(=O)N(C)C(C)c2cccc([N+](=O)[O-])c2)cc1OC. The van der Waals surface area contributed by atoms with Crippen LogP contribution in [0.15, 0.2) is 48.5 Å². The molecule has 0 aliphatic heterocycles. The van der Waals surface area contributed by atoms with Crippen molar-refractivity contribution in [1.82, 2.24) is 4.90 Å². The lowest BCUT2D eigenvalue weighted by atomic mass is 10.1. The van der Waals surface area contributed by atoms with Crippen molar-refractivity contribution in [3.63, 3.8) is 0 Å². The first-order valence-electron chi connectivity index (χ1n) is 9.37. The third-order valence-electron chi connectivity index (χ3n) is 4.56. The number of methoxy groups -OCH3 is 1. The van der Waals surface area contributed by atoms with Gasteiger partial charge >= 0.3 is 0 Å². The van der Waals surface area contributed by atoms with Crippen LogP contribution in [0.5, 0.6) is 11.5 Å². The van der Waals surface area contributed by atoms with Crippen LogP contribution in [0.2, 0.25) is 0 Å². The number of nitrogens with zero attached hydrogens (tertiary/aromatic N) is 2. The second kappa shape index (κ2) is 10.3. The maximum Gasteiger partial charge on any atom is 0.269 e. The summed E-state index contributed by atoms with van der Waals surface area (Å²) >= 11 is 0. The van der Waals surface area contributed by atoms with E-state index in [1.54, 1.807) is 38.4 Å². The Kier molecular flexibility index (Phi) is 7.77. The number of hydrogen-bond donors (Lipinski definition) is 0. The number of amides is 1. The van der Waals surface area contributed by atoms with Crippen molar-refractivity contribution < 1.29 is 19.2 Å². The second-order valence-electron chi connectivity index (χ2n) is 6.57. The van der Waals surface area contributed by atoms with Crippen molar-refractivity contribution in [2.45, 2.75) is 26.3 Å². The first-order valence-corrected chi connectivity index (χ1v) is 9.37. The molecule has 0 radical (unpaired) electrons. The van der Waals surface area contributed by atoms with E-state index >= 15 is 0 Å². The topological polar surface area (TPSA) is 81.9 Å². The summed E-state index contributed by atoms with van der Waals surface area (Å²) in [6.45, 7) is 4.46. The number of carbonyl (C=O) groups excluding carboxylic acids is 1. The molecular weight excluding hydrogens is 372 g/mol. The summed E-state index contributed by atoms with van der Waals surface area (Å²) in [5, 5.41) is 11.0. The predicted molar refractivity (Wildman–Crippen MR) is 112 cm³/mol. The highest BCUT2D eigenvalue weighted by atomic mass is 16.6. The number of benzene rings is 2. The Labute approximate surface area is 170 Å². The molecule has 1 unspecified atom stereocenters. The average Bonchev–Trinajstić information content (AvgIpc) is 2.75. The summed E-state index contributed by atoms with van der Waals surface area (Å²) in [7, 11) is 3.24. The molecule has 0 bridgehead atoms. The quantitative estimate of drug-likeness (QED) is 0.350. The Hall–Kier alpha value is -3.35. The van der Waals surface area contributed by atoms with Crippen molar-refractivity contribution in [2.24, 2.45) is 0 Å². The predicted octanol–water partition coefficient (Wildman–Crippen LogP) is 4.63. The third kappa shape index (κ3) is 5.81. The number of likely N-dealkylation sites (N-methyl/N-ethyl adjacent to an activating group) is 1. The minimum atomic E-state index is -0.445. The highest BCUT2D eigenvalue weighted by Gasteiger charge is 2.17. The van der Waals surface area contributed by atoms with Crippen molar-refractivity contribution in [3.8, 4) is 11.5 Å². The molecule has 2 aromatic carbocycles. The van der Waals surface area contributed by atoms with E-state index < -0.39 is 4.92 Å². The first kappa shape index (κ1) is 21.9. The van der Waals surface area contributed by atoms with Gasteiger partial charge in [-0.25, -0.2) is 0 Å². The molecule has 0 aliphatic carbocycles. The molecule has 1 amide bonds. The molecule has 0 spiro atoms. The van der Waals surface area contributed by atoms with E-state index in [9.17, 15) is 14.9 Å². The maximum atomic E-state index is 12.6. The van der Waals surface area contributed by atoms with Gasteiger partial charge in [0.15, 0.2) is 11.5 Å². The molecule has 29 heavy (non-hydrogen) atoms. The van der Waals surface area contributed by atoms with Gasteiger partial charge < -0.3 is 14.4 Å². The van der Waals surface area contributed by atoms with Gasteiger partial charge in [-0.15, -0.1) is 0 Å². The number of rotatable bonds is 9. The highest BCUT2D eigenvalue weighted by Crippen LogP contribution is 2.29. The molecule has 0 aliphatic rings. The maximum absolute atomic E-state index is 12.6. The molecule has 0 saturated heterocycles. The van der Waals surface area contributed by atoms with E-state index in [0.29, 0.717) is 23.7 Å². The van der Waals surface area contributed by atoms with Gasteiger partial charge in [0.25, 0.3) is 5.69 Å². The van der Waals surface area contributed by atoms with Crippen LogP contribution in [-0.2, 0) is 4.79 Å². The molecule has 0 N–H and O–H groups in total. The van der Waals surface area contributed by atoms with Crippen molar-refractivity contribution in [3.05, 3.63) is 69.8 Å². The fourth-order valence-electron chi connectivity index (χ4n) is 2.72. The number of hydrogen-bond acceptors (Lipinski definition) is 5. The lowest BCUT2D eigenvalue weighted by Gasteiger charge is -2.24. The van der Waals surface area contributed by atoms with Gasteiger partial charge in [0.1, 0.15) is 0 Å². The Morgan fingerprint density at radius 2 is 2.00 bits per heavy atom. The normalized spacial score (nSPS) is 11.9. The van der Waals surface area contributed by atoms with Gasteiger partial charge in [0, 0.05) is 25.3 Å². The first-order chi connectivity index (χ1) is 13.9. The Balaban J connectivity index is 2.11. The van der Waals surface area contributed by atoms with Crippen LogP contribution < -0.4 is 9.47 Å². The van der Waals surface area contributed by atoms with Crippen molar-refractivity contribution in [1.29, 1.82) is 0 Å². The van der Waals surface area contributed by atoms with E-state index in [1.807, 2.05) is 26.0 Å². The summed E-state index contributed by atoms with van der Waals surface area (Å²) in [4.78, 5) is 24.6. The molecule has 0 heterocycles. The van der Waals surface area contributed by atoms with Crippen molar-refractivity contribution >= 4 is 17.7 Å². The minimum absolute atomic E-state index is 0.00298. The molecule has 0 aromatic heterocycles. The molecule has 0 saturated carbocycles. The number of nitro benzene ring substituents is 1. The van der Waals surface area contributed by atoms with Gasteiger partial charge in [0.05, 0.1) is 24.7 Å². The average molecular weight is 398 g/mol. The van der Waals surface area contributed by atoms with Crippen LogP contribution in [0.4, 0.5) is 5.69 Å². The van der Waals surface area contributed by atoms with Crippen LogP contribution >= 0.6 is 0 Å². The summed E-state index contributed by atoms with van der Waals surface area (Å²) in [5.74, 6) is 1.05. The van der Waals surface area contributed by atoms with Gasteiger partial charge in [0.2, 0.25) is 5.91 Å². The smallest absolute Gasteiger partial charge is 0.269 e. The number of carbonyl (C=O) groups is 1. The van der Waals surface area contributed by atoms with Gasteiger partial charge in [-0.05, 0) is 42.7 Å². The number of non-ortho nitro benzene ring substituents is 1. The summed E-state index contributed by atoms with van der Waals surface area (Å²) in [5.41, 5.74) is 1.50. The molecule has 154 valence electrons. The zero-order valence-electron chi connectivity index (χ0n) is 17.1. The summed E-state index contributed by atoms with van der Waals surface area (Å²) in [6, 6.07) is 11.5. The standard InChI is InChI=1S/C22H26N2O5/c1-5-13-29-20-11-9-17(14-21(20)28-4)10-12-22(25)23(3)16(2)18-7-6-8-19(15-18)24(26)27/h6-12,14-16H,5,13H2,1-4H3/b12-10+. The minimum Gasteiger partial charge on any atom is -0.493 e. The van der Waals surface area contributed by atoms with E-state index in [1.165, 1.54) is 23.1 Å². The van der Waals surface area contributed by atoms with Crippen LogP contribution in [0.1, 0.15) is 37.4 Å². The van der Waals surface area contributed by atoms with Crippen LogP contribution in [-0.4, -0.2) is 36.5 Å². The molecule has 2 aromatic rings. The molecule has 0 fully saturated rings. The lowest BCUT2D eigenvalue weighted by Crippen LogP contribution is -2.28. The van der Waals surface area contributed by atoms with Crippen LogP contribution in [0.25, 0.3) is 6.08 Å². The lowest BCUT2D eigenvalue weighted by molar-refractivity contribution is -0.384. The van der Waals surface area contributed by atoms with Crippen molar-refractivity contribution in [2.75, 3.05) is 20.8 Å². The molecule has 1 atom stereocenters. The second-order valence-corrected chi connectivity index (χ2v) is 6.57. The fraction of sp³-hybridized carbons (Fsp3) is 0.318. The largest absolute Gasteiger partial charge is 0.493 e.